The minimum Gasteiger partial charge on any atom is -0.506 e. The Kier molecular flexibility index (Phi) is 9.23. The van der Waals surface area contributed by atoms with Gasteiger partial charge in [-0.25, -0.2) is 14.0 Å². The minimum atomic E-state index is -1.45. The molecule has 0 aliphatic carbocycles. The molecule has 4 rings (SSSR count). The van der Waals surface area contributed by atoms with Gasteiger partial charge in [0.2, 0.25) is 0 Å². The second-order valence-electron chi connectivity index (χ2n) is 8.50. The zero-order valence-corrected chi connectivity index (χ0v) is 21.9. The molecule has 0 amide bonds. The zero-order chi connectivity index (χ0) is 29.6. The van der Waals surface area contributed by atoms with Crippen molar-refractivity contribution in [3.63, 3.8) is 0 Å². The Morgan fingerprint density at radius 2 is 1.38 bits per heavy atom. The second kappa shape index (κ2) is 12.6. The Bertz CT molecular complexity index is 1660. The van der Waals surface area contributed by atoms with E-state index in [1.807, 2.05) is 6.92 Å². The van der Waals surface area contributed by atoms with Gasteiger partial charge in [-0.3, -0.25) is 9.59 Å². The van der Waals surface area contributed by atoms with Gasteiger partial charge in [0, 0.05) is 5.56 Å². The van der Waals surface area contributed by atoms with Crippen LogP contribution in [-0.4, -0.2) is 44.3 Å². The number of halogens is 1. The Hall–Kier alpha value is -5.19. The first-order valence-electron chi connectivity index (χ1n) is 12.1. The summed E-state index contributed by atoms with van der Waals surface area (Å²) in [5.41, 5.74) is 0.911. The van der Waals surface area contributed by atoms with Gasteiger partial charge in [-0.05, 0) is 84.1 Å². The lowest BCUT2D eigenvalue weighted by Crippen LogP contribution is -2.20. The number of hydrogen-bond acceptors (Lipinski definition) is 6. The van der Waals surface area contributed by atoms with Crippen LogP contribution in [-0.2, 0) is 12.8 Å². The third-order valence-corrected chi connectivity index (χ3v) is 6.10. The van der Waals surface area contributed by atoms with E-state index >= 15 is 0 Å². The Morgan fingerprint density at radius 1 is 0.825 bits per heavy atom. The molecule has 40 heavy (non-hydrogen) atoms. The molecule has 4 aromatic rings. The quantitative estimate of drug-likeness (QED) is 0.225. The summed E-state index contributed by atoms with van der Waals surface area (Å²) in [7, 11) is 1.54. The Morgan fingerprint density at radius 3 is 1.88 bits per heavy atom. The topological polar surface area (TPSA) is 170 Å². The minimum absolute atomic E-state index is 0.289. The van der Waals surface area contributed by atoms with E-state index in [1.54, 1.807) is 50.4 Å². The van der Waals surface area contributed by atoms with Crippen molar-refractivity contribution < 1.29 is 34.0 Å². The van der Waals surface area contributed by atoms with Crippen LogP contribution in [0.15, 0.2) is 64.2 Å². The molecule has 11 heteroatoms. The number of aryl methyl sites for hydroxylation is 1. The highest BCUT2D eigenvalue weighted by Gasteiger charge is 2.21. The fraction of sp³-hybridized carbons (Fsp3) is 0.172. The Labute approximate surface area is 227 Å². The predicted molar refractivity (Wildman–Crippen MR) is 146 cm³/mol. The zero-order valence-electron chi connectivity index (χ0n) is 21.9. The SMILES string of the molecule is CCc1c(-c2ccc(OC)cc2)[nH]c(=O)c(C(=O)O)c1O.CCc1cc(C(=O)O)c(=O)[nH]c1-c1ccc(F)cc1. The van der Waals surface area contributed by atoms with Gasteiger partial charge < -0.3 is 30.0 Å². The van der Waals surface area contributed by atoms with Gasteiger partial charge in [-0.2, -0.15) is 0 Å². The van der Waals surface area contributed by atoms with Crippen molar-refractivity contribution in [1.82, 2.24) is 9.97 Å². The van der Waals surface area contributed by atoms with Crippen LogP contribution < -0.4 is 15.9 Å². The lowest BCUT2D eigenvalue weighted by molar-refractivity contribution is 0.0682. The Balaban J connectivity index is 0.000000222. The maximum absolute atomic E-state index is 12.9. The number of rotatable bonds is 7. The number of methoxy groups -OCH3 is 1. The highest BCUT2D eigenvalue weighted by atomic mass is 19.1. The number of carboxylic acid groups (broad SMARTS) is 2. The fourth-order valence-corrected chi connectivity index (χ4v) is 4.06. The smallest absolute Gasteiger partial charge is 0.345 e. The highest BCUT2D eigenvalue weighted by molar-refractivity contribution is 5.92. The van der Waals surface area contributed by atoms with Gasteiger partial charge in [0.1, 0.15) is 22.9 Å². The average molecular weight is 551 g/mol. The van der Waals surface area contributed by atoms with Crippen molar-refractivity contribution in [2.24, 2.45) is 0 Å². The number of benzene rings is 2. The molecule has 208 valence electrons. The van der Waals surface area contributed by atoms with Crippen LogP contribution in [0.3, 0.4) is 0 Å². The van der Waals surface area contributed by atoms with Crippen LogP contribution in [0.25, 0.3) is 22.5 Å². The summed E-state index contributed by atoms with van der Waals surface area (Å²) in [6.07, 6.45) is 0.939. The molecule has 0 unspecified atom stereocenters. The van der Waals surface area contributed by atoms with Gasteiger partial charge in [-0.15, -0.1) is 0 Å². The van der Waals surface area contributed by atoms with Crippen molar-refractivity contribution in [2.75, 3.05) is 7.11 Å². The molecule has 0 saturated heterocycles. The van der Waals surface area contributed by atoms with E-state index in [1.165, 1.54) is 18.2 Å². The summed E-state index contributed by atoms with van der Waals surface area (Å²) in [5, 5.41) is 28.0. The van der Waals surface area contributed by atoms with E-state index in [4.69, 9.17) is 14.9 Å². The molecule has 0 radical (unpaired) electrons. The number of aromatic hydroxyl groups is 1. The monoisotopic (exact) mass is 550 g/mol. The number of carbonyl (C=O) groups is 2. The number of nitrogens with one attached hydrogen (secondary N) is 2. The van der Waals surface area contributed by atoms with Crippen molar-refractivity contribution in [3.8, 4) is 34.0 Å². The number of carboxylic acids is 2. The summed E-state index contributed by atoms with van der Waals surface area (Å²) in [5.74, 6) is -2.91. The molecular weight excluding hydrogens is 523 g/mol. The molecule has 0 aliphatic rings. The van der Waals surface area contributed by atoms with Gasteiger partial charge in [0.15, 0.2) is 5.56 Å². The molecule has 0 bridgehead atoms. The lowest BCUT2D eigenvalue weighted by atomic mass is 10.0. The predicted octanol–water partition coefficient (Wildman–Crippen LogP) is 4.46. The first-order chi connectivity index (χ1) is 19.0. The lowest BCUT2D eigenvalue weighted by Gasteiger charge is -2.12. The summed E-state index contributed by atoms with van der Waals surface area (Å²) < 4.78 is 17.9. The molecule has 0 spiro atoms. The molecule has 5 N–H and O–H groups in total. The molecule has 2 aromatic carbocycles. The molecule has 0 fully saturated rings. The molecule has 0 atom stereocenters. The third kappa shape index (κ3) is 6.26. The van der Waals surface area contributed by atoms with E-state index in [2.05, 4.69) is 9.97 Å². The fourth-order valence-electron chi connectivity index (χ4n) is 4.06. The van der Waals surface area contributed by atoms with Gasteiger partial charge in [-0.1, -0.05) is 13.8 Å². The van der Waals surface area contributed by atoms with E-state index in [-0.39, 0.29) is 11.4 Å². The van der Waals surface area contributed by atoms with E-state index in [0.29, 0.717) is 52.2 Å². The van der Waals surface area contributed by atoms with E-state index < -0.39 is 34.4 Å². The van der Waals surface area contributed by atoms with Crippen molar-refractivity contribution in [2.45, 2.75) is 26.7 Å². The molecular formula is C29H27FN2O8. The molecule has 2 aromatic heterocycles. The number of pyridine rings is 2. The van der Waals surface area contributed by atoms with E-state index in [0.717, 1.165) is 0 Å². The van der Waals surface area contributed by atoms with Gasteiger partial charge in [0.25, 0.3) is 11.1 Å². The first kappa shape index (κ1) is 29.4. The summed E-state index contributed by atoms with van der Waals surface area (Å²) in [6, 6.07) is 13.9. The summed E-state index contributed by atoms with van der Waals surface area (Å²) >= 11 is 0. The largest absolute Gasteiger partial charge is 0.506 e. The van der Waals surface area contributed by atoms with Gasteiger partial charge in [0.05, 0.1) is 18.5 Å². The van der Waals surface area contributed by atoms with Crippen molar-refractivity contribution >= 4 is 11.9 Å². The standard InChI is InChI=1S/C15H15NO5.C14H12FNO3/c1-3-10-12(8-4-6-9(21-2)7-5-8)16-14(18)11(13(10)17)15(19)20;1-2-8-7-11(14(18)19)13(17)16-12(8)9-3-5-10(15)6-4-9/h4-7H,3H2,1-2H3,(H,19,20)(H2,16,17,18);3-7H,2H2,1H3,(H,16,17)(H,18,19). The second-order valence-corrected chi connectivity index (χ2v) is 8.50. The van der Waals surface area contributed by atoms with Crippen LogP contribution in [0.2, 0.25) is 0 Å². The van der Waals surface area contributed by atoms with Crippen LogP contribution in [0, 0.1) is 5.82 Å². The van der Waals surface area contributed by atoms with Crippen LogP contribution in [0.4, 0.5) is 4.39 Å². The van der Waals surface area contributed by atoms with Crippen LogP contribution in [0.1, 0.15) is 45.7 Å². The third-order valence-electron chi connectivity index (χ3n) is 6.10. The number of ether oxygens (including phenoxy) is 1. The number of aromatic carboxylic acids is 2. The number of aromatic amines is 2. The average Bonchev–Trinajstić information content (AvgIpc) is 2.93. The van der Waals surface area contributed by atoms with Crippen molar-refractivity contribution in [1.29, 1.82) is 0 Å². The molecule has 0 aliphatic heterocycles. The number of hydrogen-bond donors (Lipinski definition) is 5. The summed E-state index contributed by atoms with van der Waals surface area (Å²) in [4.78, 5) is 50.6. The maximum atomic E-state index is 12.9. The normalized spacial score (nSPS) is 10.4. The van der Waals surface area contributed by atoms with Crippen molar-refractivity contribution in [3.05, 3.63) is 103 Å². The molecule has 2 heterocycles. The van der Waals surface area contributed by atoms with E-state index in [9.17, 15) is 28.7 Å². The number of aromatic nitrogens is 2. The summed E-state index contributed by atoms with van der Waals surface area (Å²) in [6.45, 7) is 3.62. The molecule has 0 saturated carbocycles. The first-order valence-corrected chi connectivity index (χ1v) is 12.1. The molecule has 10 nitrogen and oxygen atoms in total. The van der Waals surface area contributed by atoms with Crippen LogP contribution in [0.5, 0.6) is 11.5 Å². The number of H-pyrrole nitrogens is 2. The van der Waals surface area contributed by atoms with Gasteiger partial charge >= 0.3 is 11.9 Å². The highest BCUT2D eigenvalue weighted by Crippen LogP contribution is 2.30. The van der Waals surface area contributed by atoms with Crippen LogP contribution >= 0.6 is 0 Å². The maximum Gasteiger partial charge on any atom is 0.345 e.